The minimum Gasteiger partial charge on any atom is -0.318 e. The van der Waals surface area contributed by atoms with Gasteiger partial charge in [0.15, 0.2) is 0 Å². The second-order valence-electron chi connectivity index (χ2n) is 5.82. The van der Waals surface area contributed by atoms with E-state index in [1.54, 1.807) is 0 Å². The SMILES string of the molecule is Cc1cc(/C=N\NCc2ccccc2Cl)c(C)n1-c1ccc(Cl)cc1. The summed E-state index contributed by atoms with van der Waals surface area (Å²) in [7, 11) is 0. The molecule has 2 aromatic carbocycles. The van der Waals surface area contributed by atoms with E-state index >= 15 is 0 Å². The summed E-state index contributed by atoms with van der Waals surface area (Å²) in [6.07, 6.45) is 1.84. The molecule has 0 unspecified atom stereocenters. The number of hydrazone groups is 1. The highest BCUT2D eigenvalue weighted by atomic mass is 35.5. The topological polar surface area (TPSA) is 29.3 Å². The minimum atomic E-state index is 0.589. The van der Waals surface area contributed by atoms with Gasteiger partial charge in [-0.1, -0.05) is 41.4 Å². The summed E-state index contributed by atoms with van der Waals surface area (Å²) in [6, 6.07) is 17.7. The molecule has 5 heteroatoms. The molecule has 1 heterocycles. The first-order valence-corrected chi connectivity index (χ1v) is 8.76. The second kappa shape index (κ2) is 7.77. The first-order chi connectivity index (χ1) is 12.1. The minimum absolute atomic E-state index is 0.589. The molecule has 0 saturated carbocycles. The van der Waals surface area contributed by atoms with Crippen molar-refractivity contribution in [3.05, 3.63) is 87.2 Å². The van der Waals surface area contributed by atoms with Crippen molar-refractivity contribution >= 4 is 29.4 Å². The zero-order valence-corrected chi connectivity index (χ0v) is 15.6. The normalized spacial score (nSPS) is 11.2. The molecule has 128 valence electrons. The Kier molecular flexibility index (Phi) is 5.47. The lowest BCUT2D eigenvalue weighted by Gasteiger charge is -2.09. The molecule has 3 aromatic rings. The summed E-state index contributed by atoms with van der Waals surface area (Å²) in [6.45, 7) is 4.75. The maximum Gasteiger partial charge on any atom is 0.0594 e. The molecule has 0 aliphatic heterocycles. The van der Waals surface area contributed by atoms with E-state index in [-0.39, 0.29) is 0 Å². The predicted molar refractivity (Wildman–Crippen MR) is 106 cm³/mol. The highest BCUT2D eigenvalue weighted by Crippen LogP contribution is 2.21. The van der Waals surface area contributed by atoms with Gasteiger partial charge in [0.1, 0.15) is 0 Å². The first kappa shape index (κ1) is 17.6. The third-order valence-electron chi connectivity index (χ3n) is 4.08. The fraction of sp³-hybridized carbons (Fsp3) is 0.150. The Bertz CT molecular complexity index is 896. The average Bonchev–Trinajstić information content (AvgIpc) is 2.88. The van der Waals surface area contributed by atoms with Gasteiger partial charge in [-0.25, -0.2) is 0 Å². The van der Waals surface area contributed by atoms with Gasteiger partial charge in [0.25, 0.3) is 0 Å². The van der Waals surface area contributed by atoms with E-state index in [1.165, 1.54) is 0 Å². The van der Waals surface area contributed by atoms with Crippen LogP contribution in [0.4, 0.5) is 0 Å². The zero-order chi connectivity index (χ0) is 17.8. The van der Waals surface area contributed by atoms with Crippen LogP contribution in [-0.4, -0.2) is 10.8 Å². The summed E-state index contributed by atoms with van der Waals surface area (Å²) in [5, 5.41) is 5.81. The molecule has 3 nitrogen and oxygen atoms in total. The molecule has 0 bridgehead atoms. The van der Waals surface area contributed by atoms with Crippen LogP contribution < -0.4 is 5.43 Å². The average molecular weight is 372 g/mol. The van der Waals surface area contributed by atoms with Gasteiger partial charge in [-0.05, 0) is 55.8 Å². The molecule has 0 fully saturated rings. The maximum atomic E-state index is 6.14. The molecule has 0 radical (unpaired) electrons. The molecule has 0 atom stereocenters. The molecule has 0 amide bonds. The number of aryl methyl sites for hydroxylation is 1. The Morgan fingerprint density at radius 1 is 1.04 bits per heavy atom. The second-order valence-corrected chi connectivity index (χ2v) is 6.67. The lowest BCUT2D eigenvalue weighted by atomic mass is 10.2. The number of nitrogens with zero attached hydrogens (tertiary/aromatic N) is 2. The van der Waals surface area contributed by atoms with Crippen LogP contribution in [0, 0.1) is 13.8 Å². The van der Waals surface area contributed by atoms with Gasteiger partial charge in [-0.15, -0.1) is 0 Å². The fourth-order valence-electron chi connectivity index (χ4n) is 2.79. The number of rotatable bonds is 5. The molecule has 1 N–H and O–H groups in total. The van der Waals surface area contributed by atoms with Crippen LogP contribution in [0.1, 0.15) is 22.5 Å². The van der Waals surface area contributed by atoms with E-state index in [9.17, 15) is 0 Å². The number of hydrogen-bond donors (Lipinski definition) is 1. The van der Waals surface area contributed by atoms with E-state index in [2.05, 4.69) is 35.0 Å². The lowest BCUT2D eigenvalue weighted by molar-refractivity contribution is 0.748. The number of halogens is 2. The van der Waals surface area contributed by atoms with Crippen molar-refractivity contribution < 1.29 is 0 Å². The molecule has 1 aromatic heterocycles. The summed E-state index contributed by atoms with van der Waals surface area (Å²) in [5.41, 5.74) is 8.50. The van der Waals surface area contributed by atoms with Crippen molar-refractivity contribution in [3.8, 4) is 5.69 Å². The third kappa shape index (κ3) is 4.06. The Balaban J connectivity index is 1.74. The molecule has 25 heavy (non-hydrogen) atoms. The molecular weight excluding hydrogens is 353 g/mol. The fourth-order valence-corrected chi connectivity index (χ4v) is 3.12. The van der Waals surface area contributed by atoms with Crippen molar-refractivity contribution in [2.45, 2.75) is 20.4 Å². The number of nitrogens with one attached hydrogen (secondary N) is 1. The van der Waals surface area contributed by atoms with Gasteiger partial charge in [0.2, 0.25) is 0 Å². The van der Waals surface area contributed by atoms with Crippen LogP contribution in [0.3, 0.4) is 0 Å². The summed E-state index contributed by atoms with van der Waals surface area (Å²) in [5.74, 6) is 0. The van der Waals surface area contributed by atoms with E-state index < -0.39 is 0 Å². The number of benzene rings is 2. The van der Waals surface area contributed by atoms with Crippen LogP contribution in [0.15, 0.2) is 59.7 Å². The highest BCUT2D eigenvalue weighted by Gasteiger charge is 2.09. The van der Waals surface area contributed by atoms with Crippen LogP contribution in [0.2, 0.25) is 10.0 Å². The predicted octanol–water partition coefficient (Wildman–Crippen LogP) is 5.52. The quantitative estimate of drug-likeness (QED) is 0.463. The van der Waals surface area contributed by atoms with Gasteiger partial charge in [-0.2, -0.15) is 5.10 Å². The smallest absolute Gasteiger partial charge is 0.0594 e. The van der Waals surface area contributed by atoms with Gasteiger partial charge >= 0.3 is 0 Å². The van der Waals surface area contributed by atoms with Crippen LogP contribution in [-0.2, 0) is 6.54 Å². The summed E-state index contributed by atoms with van der Waals surface area (Å²) in [4.78, 5) is 0. The van der Waals surface area contributed by atoms with Crippen molar-refractivity contribution in [2.24, 2.45) is 5.10 Å². The maximum absolute atomic E-state index is 6.14. The Hall–Kier alpha value is -2.23. The van der Waals surface area contributed by atoms with Crippen molar-refractivity contribution in [1.29, 1.82) is 0 Å². The van der Waals surface area contributed by atoms with Crippen molar-refractivity contribution in [3.63, 3.8) is 0 Å². The van der Waals surface area contributed by atoms with E-state index in [4.69, 9.17) is 23.2 Å². The zero-order valence-electron chi connectivity index (χ0n) is 14.1. The molecule has 3 rings (SSSR count). The van der Waals surface area contributed by atoms with E-state index in [0.29, 0.717) is 6.54 Å². The van der Waals surface area contributed by atoms with E-state index in [1.807, 2.05) is 54.7 Å². The van der Waals surface area contributed by atoms with Crippen molar-refractivity contribution in [2.75, 3.05) is 0 Å². The number of aromatic nitrogens is 1. The summed E-state index contributed by atoms with van der Waals surface area (Å²) < 4.78 is 2.19. The van der Waals surface area contributed by atoms with Gasteiger partial charge in [-0.3, -0.25) is 0 Å². The van der Waals surface area contributed by atoms with Crippen LogP contribution >= 0.6 is 23.2 Å². The molecule has 0 spiro atoms. The molecule has 0 saturated heterocycles. The standard InChI is InChI=1S/C20H19Cl2N3/c1-14-11-17(13-24-23-12-16-5-3-4-6-20(16)22)15(2)25(14)19-9-7-18(21)8-10-19/h3-11,13,23H,12H2,1-2H3/b24-13-. The largest absolute Gasteiger partial charge is 0.318 e. The Labute approximate surface area is 157 Å². The molecule has 0 aliphatic rings. The highest BCUT2D eigenvalue weighted by molar-refractivity contribution is 6.31. The van der Waals surface area contributed by atoms with Crippen LogP contribution in [0.5, 0.6) is 0 Å². The summed E-state index contributed by atoms with van der Waals surface area (Å²) >= 11 is 12.1. The molecule has 0 aliphatic carbocycles. The number of hydrogen-bond acceptors (Lipinski definition) is 2. The third-order valence-corrected chi connectivity index (χ3v) is 4.70. The van der Waals surface area contributed by atoms with Gasteiger partial charge in [0, 0.05) is 32.7 Å². The van der Waals surface area contributed by atoms with Crippen LogP contribution in [0.25, 0.3) is 5.69 Å². The molecular formula is C20H19Cl2N3. The Morgan fingerprint density at radius 3 is 2.48 bits per heavy atom. The Morgan fingerprint density at radius 2 is 1.76 bits per heavy atom. The van der Waals surface area contributed by atoms with E-state index in [0.717, 1.165) is 38.2 Å². The van der Waals surface area contributed by atoms with Gasteiger partial charge < -0.3 is 9.99 Å². The first-order valence-electron chi connectivity index (χ1n) is 8.00. The monoisotopic (exact) mass is 371 g/mol. The van der Waals surface area contributed by atoms with Crippen molar-refractivity contribution in [1.82, 2.24) is 9.99 Å². The van der Waals surface area contributed by atoms with Gasteiger partial charge in [0.05, 0.1) is 12.8 Å². The lowest BCUT2D eigenvalue weighted by Crippen LogP contribution is -2.06.